The Balaban J connectivity index is 2.68. The molecular weight excluding hydrogens is 194 g/mol. The largest absolute Gasteiger partial charge is 0.335 e. The number of aromatic nitrogens is 3. The first kappa shape index (κ1) is 11.2. The lowest BCUT2D eigenvalue weighted by Gasteiger charge is -2.20. The molecule has 0 aliphatic carbocycles. The van der Waals surface area contributed by atoms with Gasteiger partial charge in [-0.3, -0.25) is 9.89 Å². The summed E-state index contributed by atoms with van der Waals surface area (Å²) < 4.78 is 0. The van der Waals surface area contributed by atoms with Gasteiger partial charge in [-0.05, 0) is 13.8 Å². The Bertz CT molecular complexity index is 353. The quantitative estimate of drug-likeness (QED) is 0.775. The highest BCUT2D eigenvalue weighted by molar-refractivity contribution is 5.90. The van der Waals surface area contributed by atoms with Crippen LogP contribution in [0.5, 0.6) is 0 Å². The van der Waals surface area contributed by atoms with E-state index in [1.807, 2.05) is 6.92 Å². The molecule has 0 fully saturated rings. The minimum absolute atomic E-state index is 0.183. The van der Waals surface area contributed by atoms with Gasteiger partial charge in [0.15, 0.2) is 0 Å². The van der Waals surface area contributed by atoms with Gasteiger partial charge in [0.25, 0.3) is 5.91 Å². The third-order valence-electron chi connectivity index (χ3n) is 2.00. The van der Waals surface area contributed by atoms with Gasteiger partial charge < -0.3 is 4.90 Å². The van der Waals surface area contributed by atoms with Gasteiger partial charge in [0.1, 0.15) is 6.33 Å². The molecular formula is C9H13N5O. The molecule has 0 saturated carbocycles. The molecule has 0 spiro atoms. The van der Waals surface area contributed by atoms with Gasteiger partial charge in [-0.1, -0.05) is 0 Å². The first-order valence-electron chi connectivity index (χ1n) is 4.73. The summed E-state index contributed by atoms with van der Waals surface area (Å²) in [5.41, 5.74) is 0. The standard InChI is InChI=1S/C9H13N5O/c1-3-14(5-7(2)4-10)9(15)8-11-6-12-13-8/h6-7H,3,5H2,1-2H3,(H,11,12,13). The van der Waals surface area contributed by atoms with Crippen LogP contribution in [-0.2, 0) is 0 Å². The Hall–Kier alpha value is -1.90. The normalized spacial score (nSPS) is 11.8. The molecule has 6 heteroatoms. The Morgan fingerprint density at radius 3 is 3.00 bits per heavy atom. The second-order valence-electron chi connectivity index (χ2n) is 3.21. The highest BCUT2D eigenvalue weighted by Crippen LogP contribution is 2.02. The molecule has 0 aromatic carbocycles. The zero-order chi connectivity index (χ0) is 11.3. The molecule has 1 atom stereocenters. The Morgan fingerprint density at radius 1 is 1.80 bits per heavy atom. The first-order valence-corrected chi connectivity index (χ1v) is 4.73. The lowest BCUT2D eigenvalue weighted by Crippen LogP contribution is -2.35. The van der Waals surface area contributed by atoms with Gasteiger partial charge >= 0.3 is 0 Å². The maximum atomic E-state index is 11.8. The fourth-order valence-corrected chi connectivity index (χ4v) is 1.19. The predicted molar refractivity (Wildman–Crippen MR) is 52.7 cm³/mol. The number of hydrogen-bond donors (Lipinski definition) is 1. The van der Waals surface area contributed by atoms with Crippen molar-refractivity contribution >= 4 is 5.91 Å². The summed E-state index contributed by atoms with van der Waals surface area (Å²) in [6, 6.07) is 2.09. The number of aromatic amines is 1. The van der Waals surface area contributed by atoms with Crippen LogP contribution in [0.15, 0.2) is 6.33 Å². The van der Waals surface area contributed by atoms with Crippen LogP contribution in [0.3, 0.4) is 0 Å². The topological polar surface area (TPSA) is 85.7 Å². The van der Waals surface area contributed by atoms with Gasteiger partial charge in [-0.25, -0.2) is 4.98 Å². The minimum atomic E-state index is -0.225. The lowest BCUT2D eigenvalue weighted by atomic mass is 10.2. The summed E-state index contributed by atoms with van der Waals surface area (Å²) in [4.78, 5) is 17.1. The second kappa shape index (κ2) is 5.10. The highest BCUT2D eigenvalue weighted by Gasteiger charge is 2.18. The number of amides is 1. The van der Waals surface area contributed by atoms with Crippen LogP contribution in [0.4, 0.5) is 0 Å². The van der Waals surface area contributed by atoms with E-state index in [2.05, 4.69) is 21.3 Å². The van der Waals surface area contributed by atoms with Crippen molar-refractivity contribution in [3.8, 4) is 6.07 Å². The molecule has 0 aliphatic heterocycles. The fraction of sp³-hybridized carbons (Fsp3) is 0.556. The Morgan fingerprint density at radius 2 is 2.53 bits per heavy atom. The van der Waals surface area contributed by atoms with E-state index in [1.54, 1.807) is 11.8 Å². The first-order chi connectivity index (χ1) is 7.19. The fourth-order valence-electron chi connectivity index (χ4n) is 1.19. The van der Waals surface area contributed by atoms with Gasteiger partial charge in [0.2, 0.25) is 5.82 Å². The van der Waals surface area contributed by atoms with Crippen LogP contribution in [-0.4, -0.2) is 39.1 Å². The molecule has 1 rings (SSSR count). The predicted octanol–water partition coefficient (Wildman–Crippen LogP) is 0.426. The minimum Gasteiger partial charge on any atom is -0.335 e. The van der Waals surface area contributed by atoms with Crippen LogP contribution < -0.4 is 0 Å². The number of carbonyl (C=O) groups excluding carboxylic acids is 1. The van der Waals surface area contributed by atoms with Crippen LogP contribution in [0, 0.1) is 17.2 Å². The molecule has 1 heterocycles. The average Bonchev–Trinajstić information content (AvgIpc) is 2.77. The zero-order valence-electron chi connectivity index (χ0n) is 8.77. The van der Waals surface area contributed by atoms with Crippen molar-refractivity contribution in [2.24, 2.45) is 5.92 Å². The smallest absolute Gasteiger partial charge is 0.291 e. The van der Waals surface area contributed by atoms with E-state index >= 15 is 0 Å². The molecule has 15 heavy (non-hydrogen) atoms. The van der Waals surface area contributed by atoms with E-state index in [0.29, 0.717) is 13.1 Å². The number of rotatable bonds is 4. The van der Waals surface area contributed by atoms with E-state index in [9.17, 15) is 4.79 Å². The van der Waals surface area contributed by atoms with E-state index < -0.39 is 0 Å². The van der Waals surface area contributed by atoms with Crippen molar-refractivity contribution in [2.75, 3.05) is 13.1 Å². The molecule has 0 radical (unpaired) electrons. The maximum Gasteiger partial charge on any atom is 0.291 e. The van der Waals surface area contributed by atoms with Gasteiger partial charge in [0.05, 0.1) is 12.0 Å². The van der Waals surface area contributed by atoms with Crippen LogP contribution in [0.1, 0.15) is 24.5 Å². The van der Waals surface area contributed by atoms with E-state index in [4.69, 9.17) is 5.26 Å². The van der Waals surface area contributed by atoms with E-state index in [-0.39, 0.29) is 17.6 Å². The molecule has 0 bridgehead atoms. The third kappa shape index (κ3) is 2.77. The lowest BCUT2D eigenvalue weighted by molar-refractivity contribution is 0.0741. The van der Waals surface area contributed by atoms with Gasteiger partial charge in [-0.2, -0.15) is 10.4 Å². The van der Waals surface area contributed by atoms with Crippen molar-refractivity contribution in [2.45, 2.75) is 13.8 Å². The summed E-state index contributed by atoms with van der Waals surface area (Å²) >= 11 is 0. The highest BCUT2D eigenvalue weighted by atomic mass is 16.2. The van der Waals surface area contributed by atoms with Crippen molar-refractivity contribution in [3.05, 3.63) is 12.2 Å². The maximum absolute atomic E-state index is 11.8. The number of H-pyrrole nitrogens is 1. The summed E-state index contributed by atoms with van der Waals surface area (Å²) in [5.74, 6) is -0.198. The van der Waals surface area contributed by atoms with Crippen LogP contribution in [0.2, 0.25) is 0 Å². The Labute approximate surface area is 87.9 Å². The molecule has 0 aliphatic rings. The number of nitrogens with zero attached hydrogens (tertiary/aromatic N) is 4. The number of nitrogens with one attached hydrogen (secondary N) is 1. The zero-order valence-corrected chi connectivity index (χ0v) is 8.77. The summed E-state index contributed by atoms with van der Waals surface area (Å²) in [6.07, 6.45) is 1.29. The third-order valence-corrected chi connectivity index (χ3v) is 2.00. The van der Waals surface area contributed by atoms with Gasteiger partial charge in [-0.15, -0.1) is 0 Å². The average molecular weight is 207 g/mol. The van der Waals surface area contributed by atoms with Crippen molar-refractivity contribution in [3.63, 3.8) is 0 Å². The summed E-state index contributed by atoms with van der Waals surface area (Å²) in [5, 5.41) is 14.8. The van der Waals surface area contributed by atoms with E-state index in [0.717, 1.165) is 0 Å². The van der Waals surface area contributed by atoms with Crippen molar-refractivity contribution in [1.82, 2.24) is 20.1 Å². The number of nitriles is 1. The molecule has 0 saturated heterocycles. The van der Waals surface area contributed by atoms with Gasteiger partial charge in [0, 0.05) is 13.1 Å². The molecule has 1 amide bonds. The second-order valence-corrected chi connectivity index (χ2v) is 3.21. The summed E-state index contributed by atoms with van der Waals surface area (Å²) in [7, 11) is 0. The number of carbonyl (C=O) groups is 1. The van der Waals surface area contributed by atoms with Crippen LogP contribution >= 0.6 is 0 Å². The van der Waals surface area contributed by atoms with Crippen molar-refractivity contribution in [1.29, 1.82) is 5.26 Å². The molecule has 1 N–H and O–H groups in total. The summed E-state index contributed by atoms with van der Waals surface area (Å²) in [6.45, 7) is 4.59. The van der Waals surface area contributed by atoms with Crippen LogP contribution in [0.25, 0.3) is 0 Å². The molecule has 1 unspecified atom stereocenters. The molecule has 80 valence electrons. The molecule has 1 aromatic rings. The molecule has 1 aromatic heterocycles. The SMILES string of the molecule is CCN(CC(C)C#N)C(=O)c1ncn[nH]1. The monoisotopic (exact) mass is 207 g/mol. The number of hydrogen-bond acceptors (Lipinski definition) is 4. The van der Waals surface area contributed by atoms with E-state index in [1.165, 1.54) is 6.33 Å². The van der Waals surface area contributed by atoms with Crippen molar-refractivity contribution < 1.29 is 4.79 Å². The Kier molecular flexibility index (Phi) is 3.80. The molecule has 6 nitrogen and oxygen atoms in total.